The zero-order valence-electron chi connectivity index (χ0n) is 16.5. The molecule has 1 fully saturated rings. The van der Waals surface area contributed by atoms with Gasteiger partial charge in [-0.15, -0.1) is 0 Å². The zero-order valence-corrected chi connectivity index (χ0v) is 16.5. The maximum absolute atomic E-state index is 12.2. The summed E-state index contributed by atoms with van der Waals surface area (Å²) in [6.45, 7) is 6.81. The molecule has 28 heavy (non-hydrogen) atoms. The van der Waals surface area contributed by atoms with Crippen LogP contribution >= 0.6 is 0 Å². The zero-order chi connectivity index (χ0) is 20.5. The van der Waals surface area contributed by atoms with Gasteiger partial charge in [0.15, 0.2) is 5.82 Å². The lowest BCUT2D eigenvalue weighted by Gasteiger charge is -2.24. The van der Waals surface area contributed by atoms with Crippen molar-refractivity contribution in [1.82, 2.24) is 19.7 Å². The maximum Gasteiger partial charge on any atom is 0.410 e. The van der Waals surface area contributed by atoms with Crippen molar-refractivity contribution in [1.29, 1.82) is 0 Å². The van der Waals surface area contributed by atoms with Gasteiger partial charge >= 0.3 is 6.09 Å². The number of likely N-dealkylation sites (tertiary alicyclic amines) is 1. The van der Waals surface area contributed by atoms with Gasteiger partial charge in [0, 0.05) is 25.7 Å². The lowest BCUT2D eigenvalue weighted by Crippen LogP contribution is -2.35. The van der Waals surface area contributed by atoms with Gasteiger partial charge in [0.05, 0.1) is 17.9 Å². The molecule has 152 valence electrons. The van der Waals surface area contributed by atoms with Crippen molar-refractivity contribution >= 4 is 23.4 Å². The summed E-state index contributed by atoms with van der Waals surface area (Å²) in [4.78, 5) is 18.0. The number of nitrogens with zero attached hydrogens (tertiary/aromatic N) is 4. The molecule has 10 heteroatoms. The third kappa shape index (κ3) is 4.45. The second kappa shape index (κ2) is 7.55. The van der Waals surface area contributed by atoms with E-state index in [1.807, 2.05) is 31.6 Å². The number of rotatable bonds is 4. The monoisotopic (exact) mass is 388 g/mol. The van der Waals surface area contributed by atoms with E-state index < -0.39 is 5.60 Å². The second-order valence-electron chi connectivity index (χ2n) is 7.99. The first kappa shape index (κ1) is 19.7. The fourth-order valence-electron chi connectivity index (χ4n) is 3.22. The molecule has 1 atom stereocenters. The summed E-state index contributed by atoms with van der Waals surface area (Å²) in [7, 11) is 0. The molecule has 0 aromatic carbocycles. The highest BCUT2D eigenvalue weighted by molar-refractivity contribution is 5.69. The summed E-state index contributed by atoms with van der Waals surface area (Å²) in [5, 5.41) is 4.47. The van der Waals surface area contributed by atoms with Crippen molar-refractivity contribution in [2.75, 3.05) is 30.0 Å². The van der Waals surface area contributed by atoms with Crippen molar-refractivity contribution in [2.45, 2.75) is 45.3 Å². The maximum atomic E-state index is 12.2. The Balaban J connectivity index is 1.67. The first-order chi connectivity index (χ1) is 13.2. The van der Waals surface area contributed by atoms with Gasteiger partial charge in [-0.05, 0) is 44.4 Å². The largest absolute Gasteiger partial charge is 0.444 e. The van der Waals surface area contributed by atoms with Crippen molar-refractivity contribution < 1.29 is 9.53 Å². The minimum Gasteiger partial charge on any atom is -0.444 e. The fraction of sp³-hybridized carbons (Fsp3) is 0.500. The second-order valence-corrected chi connectivity index (χ2v) is 7.99. The predicted molar refractivity (Wildman–Crippen MR) is 107 cm³/mol. The molecule has 0 bridgehead atoms. The van der Waals surface area contributed by atoms with Crippen LogP contribution in [-0.2, 0) is 11.2 Å². The summed E-state index contributed by atoms with van der Waals surface area (Å²) in [6.07, 6.45) is 4.85. The molecule has 0 radical (unpaired) electrons. The lowest BCUT2D eigenvalue weighted by molar-refractivity contribution is 0.0288. The molecule has 1 aliphatic rings. The summed E-state index contributed by atoms with van der Waals surface area (Å²) in [6, 6.07) is 1.84. The van der Waals surface area contributed by atoms with Gasteiger partial charge in [-0.1, -0.05) is 0 Å². The summed E-state index contributed by atoms with van der Waals surface area (Å²) < 4.78 is 7.34. The number of aromatic nitrogens is 3. The van der Waals surface area contributed by atoms with Gasteiger partial charge in [-0.2, -0.15) is 5.10 Å². The molecule has 10 nitrogen and oxygen atoms in total. The van der Waals surface area contributed by atoms with Crippen LogP contribution in [0.5, 0.6) is 0 Å². The number of amides is 1. The molecule has 0 saturated carbocycles. The van der Waals surface area contributed by atoms with E-state index >= 15 is 0 Å². The number of nitrogen functional groups attached to an aromatic ring is 3. The molecule has 2 aromatic rings. The number of nitrogens with two attached hydrogens (primary N) is 3. The van der Waals surface area contributed by atoms with Crippen LogP contribution in [0.15, 0.2) is 18.5 Å². The predicted octanol–water partition coefficient (Wildman–Crippen LogP) is 1.50. The highest BCUT2D eigenvalue weighted by atomic mass is 16.6. The molecule has 1 saturated heterocycles. The average molecular weight is 388 g/mol. The van der Waals surface area contributed by atoms with Gasteiger partial charge in [0.1, 0.15) is 11.4 Å². The van der Waals surface area contributed by atoms with E-state index in [-0.39, 0.29) is 12.1 Å². The number of hydrogen-bond acceptors (Lipinski definition) is 8. The van der Waals surface area contributed by atoms with Crippen LogP contribution in [0.1, 0.15) is 44.4 Å². The average Bonchev–Trinajstić information content (AvgIpc) is 3.25. The first-order valence-electron chi connectivity index (χ1n) is 9.18. The molecule has 0 aliphatic carbocycles. The van der Waals surface area contributed by atoms with Crippen LogP contribution in [0.3, 0.4) is 0 Å². The Hall–Kier alpha value is -3.01. The number of carbonyl (C=O) groups is 1. The van der Waals surface area contributed by atoms with Gasteiger partial charge in [-0.3, -0.25) is 4.68 Å². The summed E-state index contributed by atoms with van der Waals surface area (Å²) in [5.41, 5.74) is 16.1. The first-order valence-corrected chi connectivity index (χ1v) is 9.18. The van der Waals surface area contributed by atoms with Crippen molar-refractivity contribution in [3.8, 4) is 0 Å². The van der Waals surface area contributed by atoms with E-state index in [0.29, 0.717) is 36.8 Å². The van der Waals surface area contributed by atoms with Crippen molar-refractivity contribution in [3.05, 3.63) is 29.6 Å². The minimum absolute atomic E-state index is 0.113. The number of pyridine rings is 1. The van der Waals surface area contributed by atoms with Gasteiger partial charge < -0.3 is 26.5 Å². The smallest absolute Gasteiger partial charge is 0.410 e. The van der Waals surface area contributed by atoms with Crippen LogP contribution in [0.25, 0.3) is 0 Å². The number of hydrazine groups is 1. The SMILES string of the molecule is CC(C)(C)OC(=O)N1CCC(n2cc(Cc3cc(N)nc(NN)c3N)cn2)C1. The Morgan fingerprint density at radius 3 is 2.82 bits per heavy atom. The molecular weight excluding hydrogens is 360 g/mol. The fourth-order valence-corrected chi connectivity index (χ4v) is 3.22. The van der Waals surface area contributed by atoms with Crippen LogP contribution in [0.4, 0.5) is 22.1 Å². The van der Waals surface area contributed by atoms with E-state index in [4.69, 9.17) is 22.0 Å². The van der Waals surface area contributed by atoms with Gasteiger partial charge in [0.2, 0.25) is 0 Å². The Morgan fingerprint density at radius 1 is 1.39 bits per heavy atom. The molecule has 3 rings (SSSR count). The highest BCUT2D eigenvalue weighted by Gasteiger charge is 2.31. The minimum atomic E-state index is -0.502. The molecule has 7 N–H and O–H groups in total. The topological polar surface area (TPSA) is 150 Å². The molecule has 1 unspecified atom stereocenters. The number of ether oxygens (including phenoxy) is 1. The van der Waals surface area contributed by atoms with E-state index in [9.17, 15) is 4.79 Å². The van der Waals surface area contributed by atoms with Crippen LogP contribution in [-0.4, -0.2) is 44.4 Å². The number of nitrogens with one attached hydrogen (secondary N) is 1. The van der Waals surface area contributed by atoms with Crippen molar-refractivity contribution in [2.24, 2.45) is 5.84 Å². The van der Waals surface area contributed by atoms with Gasteiger partial charge in [-0.25, -0.2) is 15.6 Å². The third-order valence-electron chi connectivity index (χ3n) is 4.54. The number of anilines is 3. The molecule has 1 aliphatic heterocycles. The number of carbonyl (C=O) groups excluding carboxylic acids is 1. The Kier molecular flexibility index (Phi) is 5.32. The van der Waals surface area contributed by atoms with Crippen LogP contribution in [0.2, 0.25) is 0 Å². The normalized spacial score (nSPS) is 17.0. The van der Waals surface area contributed by atoms with Crippen molar-refractivity contribution in [3.63, 3.8) is 0 Å². The summed E-state index contributed by atoms with van der Waals surface area (Å²) in [5.74, 6) is 6.13. The lowest BCUT2D eigenvalue weighted by atomic mass is 10.1. The van der Waals surface area contributed by atoms with Crippen LogP contribution < -0.4 is 22.7 Å². The standard InChI is InChI=1S/C18H28N8O2/c1-18(2,3)28-17(27)25-5-4-13(10-25)26-9-11(8-22-26)6-12-7-14(19)23-16(24-21)15(12)20/h7-9,13H,4-6,10,20-21H2,1-3H3,(H3,19,23,24). The van der Waals surface area contributed by atoms with Gasteiger partial charge in [0.25, 0.3) is 0 Å². The quantitative estimate of drug-likeness (QED) is 0.454. The molecule has 0 spiro atoms. The molecular formula is C18H28N8O2. The van der Waals surface area contributed by atoms with E-state index in [1.165, 1.54) is 0 Å². The Bertz CT molecular complexity index is 858. The Morgan fingerprint density at radius 2 is 2.14 bits per heavy atom. The summed E-state index contributed by atoms with van der Waals surface area (Å²) >= 11 is 0. The third-order valence-corrected chi connectivity index (χ3v) is 4.54. The van der Waals surface area contributed by atoms with E-state index in [1.54, 1.807) is 17.2 Å². The number of hydrogen-bond donors (Lipinski definition) is 4. The molecule has 3 heterocycles. The van der Waals surface area contributed by atoms with E-state index in [2.05, 4.69) is 15.5 Å². The van der Waals surface area contributed by atoms with E-state index in [0.717, 1.165) is 17.5 Å². The van der Waals surface area contributed by atoms with Crippen LogP contribution in [0, 0.1) is 0 Å². The highest BCUT2D eigenvalue weighted by Crippen LogP contribution is 2.27. The molecule has 1 amide bonds. The molecule has 2 aromatic heterocycles. The Labute approximate surface area is 164 Å².